The van der Waals surface area contributed by atoms with Gasteiger partial charge in [0.05, 0.1) is 0 Å². The predicted octanol–water partition coefficient (Wildman–Crippen LogP) is 1.52. The summed E-state index contributed by atoms with van der Waals surface area (Å²) in [6, 6.07) is 6.08. The summed E-state index contributed by atoms with van der Waals surface area (Å²) in [6.07, 6.45) is 0. The van der Waals surface area contributed by atoms with E-state index >= 15 is 0 Å². The number of hydrogen-bond donors (Lipinski definition) is 0. The lowest BCUT2D eigenvalue weighted by atomic mass is 10.3. The summed E-state index contributed by atoms with van der Waals surface area (Å²) in [7, 11) is 0. The van der Waals surface area contributed by atoms with Gasteiger partial charge in [-0.05, 0) is 18.2 Å². The fourth-order valence-electron chi connectivity index (χ4n) is 0.800. The molecule has 0 bridgehead atoms. The SMILES string of the molecule is O=C(C[N+](=O)[O-])Oc1cccc(Cl)c1. The molecule has 0 saturated heterocycles. The number of nitrogens with zero attached hydrogens (tertiary/aromatic N) is 1. The van der Waals surface area contributed by atoms with Crippen molar-refractivity contribution in [2.75, 3.05) is 6.54 Å². The van der Waals surface area contributed by atoms with Crippen molar-refractivity contribution in [3.8, 4) is 5.75 Å². The molecule has 0 aliphatic rings. The van der Waals surface area contributed by atoms with Gasteiger partial charge in [0.15, 0.2) is 0 Å². The molecule has 0 aliphatic heterocycles. The van der Waals surface area contributed by atoms with Crippen molar-refractivity contribution in [3.05, 3.63) is 39.4 Å². The zero-order valence-electron chi connectivity index (χ0n) is 6.97. The number of nitro groups is 1. The van der Waals surface area contributed by atoms with Gasteiger partial charge in [0.1, 0.15) is 5.75 Å². The minimum Gasteiger partial charge on any atom is -0.422 e. The molecular formula is C8H6ClNO4. The Morgan fingerprint density at radius 1 is 1.57 bits per heavy atom. The normalized spacial score (nSPS) is 9.50. The Bertz CT molecular complexity index is 366. The first-order valence-electron chi connectivity index (χ1n) is 3.66. The highest BCUT2D eigenvalue weighted by Gasteiger charge is 2.11. The number of carbonyl (C=O) groups excluding carboxylic acids is 1. The lowest BCUT2D eigenvalue weighted by Gasteiger charge is -2.00. The van der Waals surface area contributed by atoms with Crippen LogP contribution in [0.4, 0.5) is 0 Å². The van der Waals surface area contributed by atoms with Crippen LogP contribution in [0.3, 0.4) is 0 Å². The molecule has 0 fully saturated rings. The fourth-order valence-corrected chi connectivity index (χ4v) is 0.980. The van der Waals surface area contributed by atoms with E-state index in [1.807, 2.05) is 0 Å². The van der Waals surface area contributed by atoms with Crippen LogP contribution < -0.4 is 4.74 Å². The minimum atomic E-state index is -0.919. The molecule has 5 nitrogen and oxygen atoms in total. The number of carbonyl (C=O) groups is 1. The molecule has 0 atom stereocenters. The van der Waals surface area contributed by atoms with E-state index in [9.17, 15) is 14.9 Å². The van der Waals surface area contributed by atoms with Crippen molar-refractivity contribution in [2.24, 2.45) is 0 Å². The number of halogens is 1. The van der Waals surface area contributed by atoms with Gasteiger partial charge in [-0.1, -0.05) is 17.7 Å². The quantitative estimate of drug-likeness (QED) is 0.332. The van der Waals surface area contributed by atoms with Crippen LogP contribution in [0, 0.1) is 10.1 Å². The van der Waals surface area contributed by atoms with Gasteiger partial charge in [-0.2, -0.15) is 0 Å². The Hall–Kier alpha value is -1.62. The van der Waals surface area contributed by atoms with Gasteiger partial charge < -0.3 is 4.74 Å². The molecule has 6 heteroatoms. The molecule has 0 heterocycles. The van der Waals surface area contributed by atoms with E-state index in [1.165, 1.54) is 12.1 Å². The first kappa shape index (κ1) is 10.5. The molecule has 0 amide bonds. The summed E-state index contributed by atoms with van der Waals surface area (Å²) in [6.45, 7) is -0.855. The summed E-state index contributed by atoms with van der Waals surface area (Å²) in [4.78, 5) is 20.0. The Kier molecular flexibility index (Phi) is 3.41. The van der Waals surface area contributed by atoms with E-state index < -0.39 is 17.4 Å². The van der Waals surface area contributed by atoms with Crippen LogP contribution in [0.2, 0.25) is 5.02 Å². The first-order chi connectivity index (χ1) is 6.58. The Morgan fingerprint density at radius 2 is 2.29 bits per heavy atom. The van der Waals surface area contributed by atoms with E-state index in [4.69, 9.17) is 11.6 Å². The molecule has 0 N–H and O–H groups in total. The Balaban J connectivity index is 2.60. The third kappa shape index (κ3) is 3.40. The van der Waals surface area contributed by atoms with Crippen LogP contribution in [0.15, 0.2) is 24.3 Å². The van der Waals surface area contributed by atoms with Crippen molar-refractivity contribution in [1.29, 1.82) is 0 Å². The Morgan fingerprint density at radius 3 is 2.86 bits per heavy atom. The summed E-state index contributed by atoms with van der Waals surface area (Å²) in [5.41, 5.74) is 0. The van der Waals surface area contributed by atoms with Gasteiger partial charge in [-0.3, -0.25) is 10.1 Å². The molecule has 0 spiro atoms. The molecule has 14 heavy (non-hydrogen) atoms. The van der Waals surface area contributed by atoms with Gasteiger partial charge >= 0.3 is 5.97 Å². The van der Waals surface area contributed by atoms with E-state index in [2.05, 4.69) is 4.74 Å². The molecule has 0 saturated carbocycles. The summed E-state index contributed by atoms with van der Waals surface area (Å²) < 4.78 is 4.64. The van der Waals surface area contributed by atoms with Gasteiger partial charge in [0.25, 0.3) is 6.54 Å². The van der Waals surface area contributed by atoms with E-state index in [0.717, 1.165) is 0 Å². The number of hydrogen-bond acceptors (Lipinski definition) is 4. The first-order valence-corrected chi connectivity index (χ1v) is 4.04. The zero-order chi connectivity index (χ0) is 10.6. The second kappa shape index (κ2) is 4.57. The van der Waals surface area contributed by atoms with Crippen LogP contribution >= 0.6 is 11.6 Å². The molecule has 0 aliphatic carbocycles. The Labute approximate surface area is 84.4 Å². The molecular weight excluding hydrogens is 210 g/mol. The van der Waals surface area contributed by atoms with Crippen molar-refractivity contribution in [1.82, 2.24) is 0 Å². The zero-order valence-corrected chi connectivity index (χ0v) is 7.73. The van der Waals surface area contributed by atoms with Crippen molar-refractivity contribution < 1.29 is 14.5 Å². The largest absolute Gasteiger partial charge is 0.422 e. The minimum absolute atomic E-state index is 0.198. The molecule has 1 aromatic rings. The molecule has 1 aromatic carbocycles. The number of rotatable bonds is 3. The van der Waals surface area contributed by atoms with E-state index in [0.29, 0.717) is 5.02 Å². The topological polar surface area (TPSA) is 69.4 Å². The molecule has 0 aromatic heterocycles. The number of ether oxygens (including phenoxy) is 1. The van der Waals surface area contributed by atoms with Gasteiger partial charge in [0, 0.05) is 9.95 Å². The average Bonchev–Trinajstić information content (AvgIpc) is 2.01. The lowest BCUT2D eigenvalue weighted by molar-refractivity contribution is -0.469. The van der Waals surface area contributed by atoms with Crippen molar-refractivity contribution >= 4 is 17.6 Å². The monoisotopic (exact) mass is 215 g/mol. The van der Waals surface area contributed by atoms with Crippen LogP contribution in [0.1, 0.15) is 0 Å². The summed E-state index contributed by atoms with van der Waals surface area (Å²) in [5, 5.41) is 10.3. The predicted molar refractivity (Wildman–Crippen MR) is 48.9 cm³/mol. The highest BCUT2D eigenvalue weighted by atomic mass is 35.5. The number of benzene rings is 1. The van der Waals surface area contributed by atoms with Gasteiger partial charge in [-0.25, -0.2) is 4.79 Å². The maximum atomic E-state index is 10.8. The van der Waals surface area contributed by atoms with Crippen LogP contribution in [-0.2, 0) is 4.79 Å². The molecule has 0 radical (unpaired) electrons. The second-order valence-corrected chi connectivity index (χ2v) is 2.86. The molecule has 1 rings (SSSR count). The van der Waals surface area contributed by atoms with E-state index in [1.54, 1.807) is 12.1 Å². The van der Waals surface area contributed by atoms with Gasteiger partial charge in [-0.15, -0.1) is 0 Å². The maximum Gasteiger partial charge on any atom is 0.383 e. The van der Waals surface area contributed by atoms with Crippen LogP contribution in [-0.4, -0.2) is 17.4 Å². The van der Waals surface area contributed by atoms with Crippen LogP contribution in [0.25, 0.3) is 0 Å². The molecule has 74 valence electrons. The maximum absolute atomic E-state index is 10.8. The third-order valence-electron chi connectivity index (χ3n) is 1.29. The van der Waals surface area contributed by atoms with E-state index in [-0.39, 0.29) is 5.75 Å². The number of esters is 1. The second-order valence-electron chi connectivity index (χ2n) is 2.42. The van der Waals surface area contributed by atoms with Crippen molar-refractivity contribution in [3.63, 3.8) is 0 Å². The highest BCUT2D eigenvalue weighted by Crippen LogP contribution is 2.16. The van der Waals surface area contributed by atoms with Crippen molar-refractivity contribution in [2.45, 2.75) is 0 Å². The summed E-state index contributed by atoms with van der Waals surface area (Å²) >= 11 is 5.61. The van der Waals surface area contributed by atoms with Gasteiger partial charge in [0.2, 0.25) is 0 Å². The average molecular weight is 216 g/mol. The molecule has 0 unspecified atom stereocenters. The fraction of sp³-hybridized carbons (Fsp3) is 0.125. The third-order valence-corrected chi connectivity index (χ3v) is 1.52. The smallest absolute Gasteiger partial charge is 0.383 e. The lowest BCUT2D eigenvalue weighted by Crippen LogP contribution is -2.19. The van der Waals surface area contributed by atoms with Crippen LogP contribution in [0.5, 0.6) is 5.75 Å². The standard InChI is InChI=1S/C8H6ClNO4/c9-6-2-1-3-7(4-6)14-8(11)5-10(12)13/h1-4H,5H2. The highest BCUT2D eigenvalue weighted by molar-refractivity contribution is 6.30. The summed E-state index contributed by atoms with van der Waals surface area (Å²) in [5.74, 6) is -0.721.